The molecule has 1 aliphatic rings. The fraction of sp³-hybridized carbons (Fsp3) is 0.333. The molecule has 0 aliphatic carbocycles. The molecule has 0 amide bonds. The summed E-state index contributed by atoms with van der Waals surface area (Å²) >= 11 is 1.71. The van der Waals surface area contributed by atoms with Gasteiger partial charge in [-0.15, -0.1) is 21.5 Å². The van der Waals surface area contributed by atoms with Crippen LogP contribution in [0.25, 0.3) is 5.00 Å². The molecule has 0 spiro atoms. The first-order valence-electron chi connectivity index (χ1n) is 13.0. The number of nitrogens with zero attached hydrogens (tertiary/aromatic N) is 4. The van der Waals surface area contributed by atoms with Gasteiger partial charge in [0.15, 0.2) is 5.82 Å². The number of rotatable bonds is 9. The first kappa shape index (κ1) is 25.9. The molecule has 1 aliphatic heterocycles. The van der Waals surface area contributed by atoms with Crippen LogP contribution >= 0.6 is 11.3 Å². The molecule has 196 valence electrons. The van der Waals surface area contributed by atoms with Gasteiger partial charge in [-0.1, -0.05) is 42.5 Å². The number of hydrogen-bond donors (Lipinski definition) is 1. The van der Waals surface area contributed by atoms with Crippen LogP contribution < -0.4 is 5.32 Å². The first-order chi connectivity index (χ1) is 18.5. The molecular weight excluding hydrogens is 494 g/mol. The summed E-state index contributed by atoms with van der Waals surface area (Å²) < 4.78 is 7.03. The zero-order valence-electron chi connectivity index (χ0n) is 22.3. The Bertz CT molecular complexity index is 1450. The molecule has 0 radical (unpaired) electrons. The van der Waals surface area contributed by atoms with Gasteiger partial charge in [0.25, 0.3) is 0 Å². The van der Waals surface area contributed by atoms with Crippen molar-refractivity contribution in [1.82, 2.24) is 14.8 Å². The van der Waals surface area contributed by atoms with E-state index in [1.165, 1.54) is 23.1 Å². The van der Waals surface area contributed by atoms with E-state index < -0.39 is 6.04 Å². The maximum atomic E-state index is 12.3. The van der Waals surface area contributed by atoms with Crippen LogP contribution in [0.3, 0.4) is 0 Å². The molecule has 1 atom stereocenters. The van der Waals surface area contributed by atoms with Crippen molar-refractivity contribution < 1.29 is 9.53 Å². The first-order valence-corrected chi connectivity index (χ1v) is 13.8. The number of unbranched alkanes of at least 4 members (excludes halogenated alkanes) is 1. The fourth-order valence-electron chi connectivity index (χ4n) is 4.84. The number of anilines is 1. The van der Waals surface area contributed by atoms with Crippen LogP contribution in [-0.2, 0) is 16.0 Å². The highest BCUT2D eigenvalue weighted by Gasteiger charge is 2.32. The molecule has 3 heterocycles. The number of hydrogen-bond acceptors (Lipinski definition) is 7. The minimum absolute atomic E-state index is 0.105. The highest BCUT2D eigenvalue weighted by molar-refractivity contribution is 7.15. The monoisotopic (exact) mass is 527 g/mol. The Morgan fingerprint density at radius 1 is 1.03 bits per heavy atom. The van der Waals surface area contributed by atoms with Gasteiger partial charge in [0, 0.05) is 28.2 Å². The number of carbonyl (C=O) groups is 1. The lowest BCUT2D eigenvalue weighted by atomic mass is 9.99. The number of fused-ring (bicyclic) bond motifs is 3. The van der Waals surface area contributed by atoms with E-state index >= 15 is 0 Å². The number of aryl methyl sites for hydroxylation is 3. The Labute approximate surface area is 227 Å². The molecule has 0 bridgehead atoms. The van der Waals surface area contributed by atoms with E-state index in [0.717, 1.165) is 59.2 Å². The van der Waals surface area contributed by atoms with Crippen LogP contribution in [0.15, 0.2) is 59.6 Å². The third kappa shape index (κ3) is 5.27. The molecule has 0 unspecified atom stereocenters. The average Bonchev–Trinajstić information content (AvgIpc) is 3.41. The van der Waals surface area contributed by atoms with Gasteiger partial charge in [0.05, 0.1) is 19.2 Å². The Balaban J connectivity index is 1.38. The van der Waals surface area contributed by atoms with E-state index in [-0.39, 0.29) is 12.4 Å². The molecule has 0 saturated heterocycles. The van der Waals surface area contributed by atoms with Gasteiger partial charge in [-0.05, 0) is 63.3 Å². The predicted octanol–water partition coefficient (Wildman–Crippen LogP) is 6.14. The molecule has 0 saturated carbocycles. The molecular formula is C30H33N5O2S. The van der Waals surface area contributed by atoms with Gasteiger partial charge < -0.3 is 10.1 Å². The molecule has 5 rings (SSSR count). The number of esters is 1. The van der Waals surface area contributed by atoms with Crippen LogP contribution in [0.5, 0.6) is 0 Å². The number of nitrogens with one attached hydrogen (secondary N) is 1. The fourth-order valence-corrected chi connectivity index (χ4v) is 6.06. The van der Waals surface area contributed by atoms with Gasteiger partial charge in [0.2, 0.25) is 0 Å². The molecule has 4 aromatic rings. The van der Waals surface area contributed by atoms with E-state index in [9.17, 15) is 4.79 Å². The second kappa shape index (κ2) is 11.3. The zero-order chi connectivity index (χ0) is 26.6. The smallest absolute Gasteiger partial charge is 0.308 e. The van der Waals surface area contributed by atoms with Gasteiger partial charge in [-0.25, -0.2) is 0 Å². The van der Waals surface area contributed by atoms with Gasteiger partial charge in [0.1, 0.15) is 16.9 Å². The number of thiophene rings is 1. The van der Waals surface area contributed by atoms with Crippen molar-refractivity contribution in [3.63, 3.8) is 0 Å². The highest BCUT2D eigenvalue weighted by atomic mass is 32.1. The Morgan fingerprint density at radius 3 is 2.53 bits per heavy atom. The van der Waals surface area contributed by atoms with Crippen molar-refractivity contribution in [1.29, 1.82) is 0 Å². The number of methoxy groups -OCH3 is 1. The van der Waals surface area contributed by atoms with Crippen molar-refractivity contribution in [2.24, 2.45) is 4.99 Å². The lowest BCUT2D eigenvalue weighted by Gasteiger charge is -2.12. The third-order valence-electron chi connectivity index (χ3n) is 7.05. The molecule has 38 heavy (non-hydrogen) atoms. The number of aromatic nitrogens is 3. The van der Waals surface area contributed by atoms with E-state index in [1.807, 2.05) is 6.92 Å². The molecule has 2 aromatic heterocycles. The van der Waals surface area contributed by atoms with E-state index in [0.29, 0.717) is 5.82 Å². The normalized spacial score (nSPS) is 14.3. The molecule has 7 nitrogen and oxygen atoms in total. The zero-order valence-corrected chi connectivity index (χ0v) is 23.1. The van der Waals surface area contributed by atoms with Gasteiger partial charge in [-0.3, -0.25) is 14.4 Å². The maximum Gasteiger partial charge on any atom is 0.308 e. The number of carbonyl (C=O) groups excluding carboxylic acids is 1. The largest absolute Gasteiger partial charge is 0.469 e. The Kier molecular flexibility index (Phi) is 7.69. The van der Waals surface area contributed by atoms with E-state index in [1.54, 1.807) is 11.3 Å². The summed E-state index contributed by atoms with van der Waals surface area (Å²) in [6, 6.07) is 18.6. The average molecular weight is 528 g/mol. The minimum atomic E-state index is -0.486. The van der Waals surface area contributed by atoms with Crippen LogP contribution in [0, 0.1) is 20.8 Å². The highest BCUT2D eigenvalue weighted by Crippen LogP contribution is 2.39. The minimum Gasteiger partial charge on any atom is -0.469 e. The molecule has 1 N–H and O–H groups in total. The van der Waals surface area contributed by atoms with Crippen molar-refractivity contribution >= 4 is 28.7 Å². The number of ether oxygens (including phenoxy) is 1. The summed E-state index contributed by atoms with van der Waals surface area (Å²) in [6.07, 6.45) is 3.46. The summed E-state index contributed by atoms with van der Waals surface area (Å²) in [5.41, 5.74) is 6.61. The van der Waals surface area contributed by atoms with Crippen LogP contribution in [0.2, 0.25) is 0 Å². The van der Waals surface area contributed by atoms with Crippen LogP contribution in [0.1, 0.15) is 64.1 Å². The topological polar surface area (TPSA) is 81.4 Å². The quantitative estimate of drug-likeness (QED) is 0.209. The number of aliphatic imine (C=N–C) groups is 1. The summed E-state index contributed by atoms with van der Waals surface area (Å²) in [6.45, 7) is 7.12. The SMILES string of the molecule is COC(=O)C[C@@H]1N=C(c2ccc(NCCCCc3ccccc3)cc2)c2c(sc(C)c2C)-n2c(C)nnc21. The summed E-state index contributed by atoms with van der Waals surface area (Å²) in [4.78, 5) is 18.7. The Hall–Kier alpha value is -3.78. The van der Waals surface area contributed by atoms with E-state index in [4.69, 9.17) is 9.73 Å². The lowest BCUT2D eigenvalue weighted by Crippen LogP contribution is -2.12. The molecule has 2 aromatic carbocycles. The molecule has 0 fully saturated rings. The van der Waals surface area contributed by atoms with Crippen LogP contribution in [0.4, 0.5) is 5.69 Å². The summed E-state index contributed by atoms with van der Waals surface area (Å²) in [5.74, 6) is 1.12. The van der Waals surface area contributed by atoms with Crippen molar-refractivity contribution in [2.75, 3.05) is 19.0 Å². The summed E-state index contributed by atoms with van der Waals surface area (Å²) in [5, 5.41) is 13.3. The number of benzene rings is 2. The van der Waals surface area contributed by atoms with E-state index in [2.05, 4.69) is 88.5 Å². The second-order valence-electron chi connectivity index (χ2n) is 9.62. The molecule has 8 heteroatoms. The van der Waals surface area contributed by atoms with Crippen molar-refractivity contribution in [3.8, 4) is 5.00 Å². The van der Waals surface area contributed by atoms with Crippen LogP contribution in [-0.4, -0.2) is 40.1 Å². The lowest BCUT2D eigenvalue weighted by molar-refractivity contribution is -0.141. The standard InChI is InChI=1S/C30H33N5O2S/c1-19-20(2)38-30-27(19)28(32-25(18-26(36)37-4)29-34-33-21(3)35(29)30)23-13-15-24(16-14-23)31-17-9-8-12-22-10-6-5-7-11-22/h5-7,10-11,13-16,25,31H,8-9,12,17-18H2,1-4H3/t25-/m0/s1. The maximum absolute atomic E-state index is 12.3. The second-order valence-corrected chi connectivity index (χ2v) is 10.8. The third-order valence-corrected chi connectivity index (χ3v) is 8.24. The van der Waals surface area contributed by atoms with Crippen molar-refractivity contribution in [3.05, 3.63) is 93.4 Å². The van der Waals surface area contributed by atoms with Crippen molar-refractivity contribution in [2.45, 2.75) is 52.5 Å². The van der Waals surface area contributed by atoms with Gasteiger partial charge >= 0.3 is 5.97 Å². The predicted molar refractivity (Wildman–Crippen MR) is 153 cm³/mol. The van der Waals surface area contributed by atoms with Gasteiger partial charge in [-0.2, -0.15) is 0 Å². The summed E-state index contributed by atoms with van der Waals surface area (Å²) in [7, 11) is 1.40. The Morgan fingerprint density at radius 2 is 1.79 bits per heavy atom.